The molecule has 0 aliphatic carbocycles. The highest BCUT2D eigenvalue weighted by atomic mass is 16.5. The van der Waals surface area contributed by atoms with E-state index in [-0.39, 0.29) is 11.8 Å². The van der Waals surface area contributed by atoms with Gasteiger partial charge in [0.1, 0.15) is 5.75 Å². The summed E-state index contributed by atoms with van der Waals surface area (Å²) in [6.45, 7) is 6.37. The van der Waals surface area contributed by atoms with Crippen LogP contribution in [0.5, 0.6) is 5.75 Å². The smallest absolute Gasteiger partial charge is 0.255 e. The molecule has 4 rings (SSSR count). The molecule has 0 unspecified atom stereocenters. The Bertz CT molecular complexity index is 1180. The van der Waals surface area contributed by atoms with Gasteiger partial charge in [0.15, 0.2) is 0 Å². The quantitative estimate of drug-likeness (QED) is 0.666. The molecule has 160 valence electrons. The van der Waals surface area contributed by atoms with E-state index in [0.717, 1.165) is 41.1 Å². The van der Waals surface area contributed by atoms with Crippen LogP contribution in [0.15, 0.2) is 36.4 Å². The minimum Gasteiger partial charge on any atom is -0.493 e. The van der Waals surface area contributed by atoms with Gasteiger partial charge in [-0.1, -0.05) is 6.07 Å². The fourth-order valence-corrected chi connectivity index (χ4v) is 3.73. The van der Waals surface area contributed by atoms with Crippen molar-refractivity contribution in [3.63, 3.8) is 0 Å². The molecule has 0 atom stereocenters. The first kappa shape index (κ1) is 20.7. The fraction of sp³-hybridized carbons (Fsp3) is 0.292. The minimum absolute atomic E-state index is 0.215. The van der Waals surface area contributed by atoms with Gasteiger partial charge in [0.05, 0.1) is 23.7 Å². The lowest BCUT2D eigenvalue weighted by Crippen LogP contribution is -2.17. The maximum absolute atomic E-state index is 12.9. The van der Waals surface area contributed by atoms with Crippen LogP contribution in [0.1, 0.15) is 49.7 Å². The molecule has 0 spiro atoms. The Morgan fingerprint density at radius 2 is 1.71 bits per heavy atom. The first-order chi connectivity index (χ1) is 14.8. The number of rotatable bonds is 4. The average Bonchev–Trinajstić information content (AvgIpc) is 3.00. The molecular formula is C24H26N4O3. The van der Waals surface area contributed by atoms with Crippen molar-refractivity contribution in [3.8, 4) is 5.75 Å². The SMILES string of the molecule is Cc1ccc(C(=O)Nc2c(C)nn(C)c2C)cc1NC(=O)c1ccc2c(c1)CCCO2. The number of nitrogens with zero attached hydrogens (tertiary/aromatic N) is 2. The number of hydrogen-bond acceptors (Lipinski definition) is 4. The first-order valence-electron chi connectivity index (χ1n) is 10.3. The highest BCUT2D eigenvalue weighted by Gasteiger charge is 2.17. The fourth-order valence-electron chi connectivity index (χ4n) is 3.73. The minimum atomic E-state index is -0.249. The van der Waals surface area contributed by atoms with Crippen LogP contribution in [0.3, 0.4) is 0 Å². The molecule has 1 aromatic heterocycles. The lowest BCUT2D eigenvalue weighted by Gasteiger charge is -2.18. The van der Waals surface area contributed by atoms with Crippen LogP contribution < -0.4 is 15.4 Å². The van der Waals surface area contributed by atoms with Gasteiger partial charge in [0.2, 0.25) is 0 Å². The van der Waals surface area contributed by atoms with Gasteiger partial charge in [0.25, 0.3) is 11.8 Å². The molecule has 7 heteroatoms. The van der Waals surface area contributed by atoms with Crippen molar-refractivity contribution >= 4 is 23.2 Å². The van der Waals surface area contributed by atoms with Crippen LogP contribution in [0.4, 0.5) is 11.4 Å². The zero-order valence-corrected chi connectivity index (χ0v) is 18.2. The van der Waals surface area contributed by atoms with E-state index in [2.05, 4.69) is 15.7 Å². The Labute approximate surface area is 181 Å². The first-order valence-corrected chi connectivity index (χ1v) is 10.3. The van der Waals surface area contributed by atoms with Crippen molar-refractivity contribution < 1.29 is 14.3 Å². The Morgan fingerprint density at radius 1 is 1.00 bits per heavy atom. The van der Waals surface area contributed by atoms with Crippen molar-refractivity contribution in [3.05, 3.63) is 70.0 Å². The van der Waals surface area contributed by atoms with Gasteiger partial charge in [-0.05, 0) is 75.1 Å². The molecule has 7 nitrogen and oxygen atoms in total. The van der Waals surface area contributed by atoms with Crippen molar-refractivity contribution in [2.45, 2.75) is 33.6 Å². The lowest BCUT2D eigenvalue weighted by molar-refractivity contribution is 0.101. The summed E-state index contributed by atoms with van der Waals surface area (Å²) in [6.07, 6.45) is 1.85. The van der Waals surface area contributed by atoms with Crippen molar-refractivity contribution in [1.82, 2.24) is 9.78 Å². The third-order valence-electron chi connectivity index (χ3n) is 5.67. The third kappa shape index (κ3) is 4.17. The van der Waals surface area contributed by atoms with Gasteiger partial charge < -0.3 is 15.4 Å². The monoisotopic (exact) mass is 418 g/mol. The number of anilines is 2. The van der Waals surface area contributed by atoms with Crippen molar-refractivity contribution in [2.75, 3.05) is 17.2 Å². The summed E-state index contributed by atoms with van der Waals surface area (Å²) in [5.74, 6) is 0.382. The Hall–Kier alpha value is -3.61. The number of carbonyl (C=O) groups is 2. The van der Waals surface area contributed by atoms with Gasteiger partial charge in [-0.2, -0.15) is 5.10 Å². The summed E-state index contributed by atoms with van der Waals surface area (Å²) >= 11 is 0. The van der Waals surface area contributed by atoms with E-state index in [1.54, 1.807) is 22.9 Å². The number of fused-ring (bicyclic) bond motifs is 1. The molecule has 2 amide bonds. The van der Waals surface area contributed by atoms with Crippen molar-refractivity contribution in [2.24, 2.45) is 7.05 Å². The molecule has 1 aliphatic rings. The molecule has 0 fully saturated rings. The average molecular weight is 418 g/mol. The molecule has 2 heterocycles. The van der Waals surface area contributed by atoms with E-state index < -0.39 is 0 Å². The molecule has 0 saturated carbocycles. The van der Waals surface area contributed by atoms with Crippen molar-refractivity contribution in [1.29, 1.82) is 0 Å². The number of carbonyl (C=O) groups excluding carboxylic acids is 2. The largest absolute Gasteiger partial charge is 0.493 e. The summed E-state index contributed by atoms with van der Waals surface area (Å²) in [5, 5.41) is 10.2. The number of amides is 2. The number of aryl methyl sites for hydroxylation is 4. The van der Waals surface area contributed by atoms with Gasteiger partial charge >= 0.3 is 0 Å². The van der Waals surface area contributed by atoms with Crippen LogP contribution in [0.25, 0.3) is 0 Å². The van der Waals surface area contributed by atoms with E-state index in [4.69, 9.17) is 4.74 Å². The van der Waals surface area contributed by atoms with Crippen LogP contribution in [0.2, 0.25) is 0 Å². The Morgan fingerprint density at radius 3 is 2.45 bits per heavy atom. The molecule has 1 aliphatic heterocycles. The topological polar surface area (TPSA) is 85.3 Å². The number of hydrogen-bond donors (Lipinski definition) is 2. The zero-order chi connectivity index (χ0) is 22.1. The predicted molar refractivity (Wildman–Crippen MR) is 120 cm³/mol. The summed E-state index contributed by atoms with van der Waals surface area (Å²) in [7, 11) is 1.84. The van der Waals surface area contributed by atoms with E-state index in [1.165, 1.54) is 0 Å². The molecule has 0 radical (unpaired) electrons. The lowest BCUT2D eigenvalue weighted by atomic mass is 10.0. The van der Waals surface area contributed by atoms with Crippen LogP contribution in [-0.4, -0.2) is 28.2 Å². The number of ether oxygens (including phenoxy) is 1. The standard InChI is InChI=1S/C24H26N4O3/c1-14-7-8-19(24(30)26-22-15(2)27-28(4)16(22)3)13-20(14)25-23(29)18-9-10-21-17(12-18)6-5-11-31-21/h7-10,12-13H,5-6,11H2,1-4H3,(H,25,29)(H,26,30). The summed E-state index contributed by atoms with van der Waals surface area (Å²) in [6, 6.07) is 10.8. The molecule has 0 bridgehead atoms. The molecular weight excluding hydrogens is 392 g/mol. The number of benzene rings is 2. The van der Waals surface area contributed by atoms with E-state index >= 15 is 0 Å². The molecule has 2 aromatic carbocycles. The van der Waals surface area contributed by atoms with E-state index in [1.807, 2.05) is 46.0 Å². The normalized spacial score (nSPS) is 12.6. The highest BCUT2D eigenvalue weighted by molar-refractivity contribution is 6.08. The second kappa shape index (κ2) is 8.26. The second-order valence-corrected chi connectivity index (χ2v) is 7.88. The molecule has 2 N–H and O–H groups in total. The van der Waals surface area contributed by atoms with Crippen LogP contribution in [-0.2, 0) is 13.5 Å². The Balaban J connectivity index is 1.53. The number of aromatic nitrogens is 2. The molecule has 0 saturated heterocycles. The van der Waals surface area contributed by atoms with Gasteiger partial charge in [0, 0.05) is 23.9 Å². The third-order valence-corrected chi connectivity index (χ3v) is 5.67. The highest BCUT2D eigenvalue weighted by Crippen LogP contribution is 2.27. The summed E-state index contributed by atoms with van der Waals surface area (Å²) in [4.78, 5) is 25.7. The predicted octanol–water partition coefficient (Wildman–Crippen LogP) is 4.17. The van der Waals surface area contributed by atoms with Gasteiger partial charge in [-0.3, -0.25) is 14.3 Å². The van der Waals surface area contributed by atoms with E-state index in [9.17, 15) is 9.59 Å². The number of nitrogens with one attached hydrogen (secondary N) is 2. The maximum Gasteiger partial charge on any atom is 0.255 e. The van der Waals surface area contributed by atoms with E-state index in [0.29, 0.717) is 29.1 Å². The molecule has 3 aromatic rings. The van der Waals surface area contributed by atoms with Crippen LogP contribution >= 0.6 is 0 Å². The summed E-state index contributed by atoms with van der Waals surface area (Å²) < 4.78 is 7.35. The van der Waals surface area contributed by atoms with Crippen LogP contribution in [0, 0.1) is 20.8 Å². The summed E-state index contributed by atoms with van der Waals surface area (Å²) in [5.41, 5.74) is 5.89. The Kier molecular flexibility index (Phi) is 5.50. The second-order valence-electron chi connectivity index (χ2n) is 7.88. The van der Waals surface area contributed by atoms with Gasteiger partial charge in [-0.25, -0.2) is 0 Å². The maximum atomic E-state index is 12.9. The van der Waals surface area contributed by atoms with Gasteiger partial charge in [-0.15, -0.1) is 0 Å². The zero-order valence-electron chi connectivity index (χ0n) is 18.2. The molecule has 31 heavy (non-hydrogen) atoms.